The monoisotopic (exact) mass is 412 g/mol. The van der Waals surface area contributed by atoms with Crippen LogP contribution in [0.5, 0.6) is 11.5 Å². The van der Waals surface area contributed by atoms with E-state index in [0.717, 1.165) is 24.3 Å². The van der Waals surface area contributed by atoms with E-state index < -0.39 is 46.2 Å². The molecular formula is C14H14F2O8Zn+2. The number of aromatic hydroxyl groups is 2. The molecule has 0 atom stereocenters. The van der Waals surface area contributed by atoms with Gasteiger partial charge in [-0.25, -0.2) is 8.78 Å². The molecule has 0 saturated carbocycles. The molecule has 0 amide bonds. The molecule has 0 aliphatic rings. The van der Waals surface area contributed by atoms with Crippen molar-refractivity contribution >= 4 is 11.9 Å². The van der Waals surface area contributed by atoms with Gasteiger partial charge in [0, 0.05) is 11.1 Å². The number of aromatic carboxylic acids is 2. The minimum atomic E-state index is -1.60. The van der Waals surface area contributed by atoms with E-state index in [9.17, 15) is 28.6 Å². The Kier molecular flexibility index (Phi) is 12.9. The minimum absolute atomic E-state index is 0. The first kappa shape index (κ1) is 27.2. The molecule has 0 aromatic heterocycles. The van der Waals surface area contributed by atoms with Gasteiger partial charge in [0.05, 0.1) is 11.9 Å². The summed E-state index contributed by atoms with van der Waals surface area (Å²) in [4.78, 5) is 20.3. The zero-order valence-corrected chi connectivity index (χ0v) is 15.6. The van der Waals surface area contributed by atoms with Gasteiger partial charge in [-0.1, -0.05) is 0 Å². The zero-order valence-electron chi connectivity index (χ0n) is 12.6. The van der Waals surface area contributed by atoms with Crippen LogP contribution < -0.4 is 10.2 Å². The summed E-state index contributed by atoms with van der Waals surface area (Å²) >= 11 is 0. The van der Waals surface area contributed by atoms with Crippen molar-refractivity contribution in [2.24, 2.45) is 0 Å². The maximum Gasteiger partial charge on any atom is 2.00 e. The van der Waals surface area contributed by atoms with E-state index in [1.165, 1.54) is 0 Å². The van der Waals surface area contributed by atoms with E-state index in [4.69, 9.17) is 10.2 Å². The van der Waals surface area contributed by atoms with Crippen LogP contribution in [0.4, 0.5) is 8.78 Å². The van der Waals surface area contributed by atoms with Crippen molar-refractivity contribution in [1.82, 2.24) is 0 Å². The summed E-state index contributed by atoms with van der Waals surface area (Å²) in [6.07, 6.45) is 0. The number of rotatable bonds is 2. The topological polar surface area (TPSA) is 187 Å². The Hall–Kier alpha value is -2.62. The molecule has 0 aliphatic carbocycles. The average Bonchev–Trinajstić information content (AvgIpc) is 2.44. The van der Waals surface area contributed by atoms with E-state index in [-0.39, 0.29) is 30.4 Å². The Morgan fingerprint density at radius 3 is 1.24 bits per heavy atom. The third kappa shape index (κ3) is 8.16. The van der Waals surface area contributed by atoms with Gasteiger partial charge in [0.15, 0.2) is 0 Å². The largest absolute Gasteiger partial charge is 2.00 e. The van der Waals surface area contributed by atoms with Crippen molar-refractivity contribution in [3.63, 3.8) is 0 Å². The van der Waals surface area contributed by atoms with Gasteiger partial charge in [0.25, 0.3) is 0 Å². The molecule has 8 nitrogen and oxygen atoms in total. The van der Waals surface area contributed by atoms with Crippen LogP contribution in [0.25, 0.3) is 0 Å². The van der Waals surface area contributed by atoms with Crippen molar-refractivity contribution in [2.45, 2.75) is 0 Å². The molecule has 2 aromatic rings. The molecule has 132 valence electrons. The molecule has 0 unspecified atom stereocenters. The van der Waals surface area contributed by atoms with E-state index in [1.807, 2.05) is 0 Å². The van der Waals surface area contributed by atoms with E-state index in [2.05, 4.69) is 0 Å². The summed E-state index contributed by atoms with van der Waals surface area (Å²) in [6, 6.07) is 5.24. The van der Waals surface area contributed by atoms with Crippen LogP contribution in [0.1, 0.15) is 20.7 Å². The molecule has 0 radical (unpaired) electrons. The first-order chi connectivity index (χ1) is 10.2. The average molecular weight is 414 g/mol. The summed E-state index contributed by atoms with van der Waals surface area (Å²) < 4.78 is 24.6. The molecule has 25 heavy (non-hydrogen) atoms. The predicted octanol–water partition coefficient (Wildman–Crippen LogP) is -2.06. The van der Waals surface area contributed by atoms with Crippen molar-refractivity contribution in [3.05, 3.63) is 59.2 Å². The summed E-state index contributed by atoms with van der Waals surface area (Å²) in [6.45, 7) is 0. The number of hydrogen-bond acceptors (Lipinski definition) is 6. The van der Waals surface area contributed by atoms with Gasteiger partial charge >= 0.3 is 19.5 Å². The Morgan fingerprint density at radius 1 is 0.760 bits per heavy atom. The van der Waals surface area contributed by atoms with Crippen LogP contribution >= 0.6 is 0 Å². The van der Waals surface area contributed by atoms with E-state index in [0.29, 0.717) is 12.1 Å². The third-order valence-electron chi connectivity index (χ3n) is 2.36. The number of phenols is 2. The van der Waals surface area contributed by atoms with Crippen LogP contribution in [0.2, 0.25) is 0 Å². The number of carboxylic acids is 2. The second-order valence-corrected chi connectivity index (χ2v) is 3.90. The quantitative estimate of drug-likeness (QED) is 0.420. The number of carbonyl (C=O) groups excluding carboxylic acids is 2. The second-order valence-electron chi connectivity index (χ2n) is 3.90. The molecule has 0 fully saturated rings. The molecule has 11 heteroatoms. The SMILES string of the molecule is O=C([O-])c1cc(F)ccc1O.O=C([O-])c1cc(F)ccc1O.[OH3+].[OH3+].[Zn+2]. The molecular weight excluding hydrogens is 400 g/mol. The number of carboxylic acid groups (broad SMARTS) is 2. The van der Waals surface area contributed by atoms with Crippen molar-refractivity contribution in [2.75, 3.05) is 0 Å². The fourth-order valence-corrected chi connectivity index (χ4v) is 1.34. The summed E-state index contributed by atoms with van der Waals surface area (Å²) in [5.74, 6) is -5.62. The van der Waals surface area contributed by atoms with Crippen molar-refractivity contribution in [1.29, 1.82) is 0 Å². The summed E-state index contributed by atoms with van der Waals surface area (Å²) in [5.41, 5.74) is -1.07. The van der Waals surface area contributed by atoms with Gasteiger partial charge in [-0.05, 0) is 36.4 Å². The molecule has 2 aromatic carbocycles. The molecule has 0 bridgehead atoms. The van der Waals surface area contributed by atoms with Crippen molar-refractivity contribution < 1.29 is 69.2 Å². The van der Waals surface area contributed by atoms with Gasteiger partial charge in [0.1, 0.15) is 23.1 Å². The van der Waals surface area contributed by atoms with E-state index >= 15 is 0 Å². The van der Waals surface area contributed by atoms with E-state index in [1.54, 1.807) is 0 Å². The maximum absolute atomic E-state index is 12.3. The molecule has 2 rings (SSSR count). The summed E-state index contributed by atoms with van der Waals surface area (Å²) in [7, 11) is 0. The Morgan fingerprint density at radius 2 is 1.04 bits per heavy atom. The van der Waals surface area contributed by atoms with Crippen molar-refractivity contribution in [3.8, 4) is 11.5 Å². The van der Waals surface area contributed by atoms with Gasteiger partial charge in [-0.3, -0.25) is 0 Å². The fraction of sp³-hybridized carbons (Fsp3) is 0. The van der Waals surface area contributed by atoms with Crippen LogP contribution in [0, 0.1) is 11.6 Å². The number of carbonyl (C=O) groups is 2. The first-order valence-corrected chi connectivity index (χ1v) is 5.62. The summed E-state index contributed by atoms with van der Waals surface area (Å²) in [5, 5.41) is 37.9. The predicted molar refractivity (Wildman–Crippen MR) is 74.5 cm³/mol. The molecule has 0 saturated heterocycles. The third-order valence-corrected chi connectivity index (χ3v) is 2.36. The van der Waals surface area contributed by atoms with Crippen LogP contribution in [0.3, 0.4) is 0 Å². The second kappa shape index (κ2) is 11.8. The molecule has 8 N–H and O–H groups in total. The van der Waals surface area contributed by atoms with Crippen LogP contribution in [0.15, 0.2) is 36.4 Å². The fourth-order valence-electron chi connectivity index (χ4n) is 1.34. The Balaban J connectivity index is -0.000000346. The first-order valence-electron chi connectivity index (χ1n) is 5.62. The number of benzene rings is 2. The van der Waals surface area contributed by atoms with Gasteiger partial charge in [-0.2, -0.15) is 0 Å². The minimum Gasteiger partial charge on any atom is -0.545 e. The smallest absolute Gasteiger partial charge is 0.545 e. The number of halogens is 2. The normalized spacial score (nSPS) is 8.40. The van der Waals surface area contributed by atoms with Crippen LogP contribution in [-0.4, -0.2) is 22.2 Å². The standard InChI is InChI=1S/2C7H5FO3.2H2O.Zn/c2*8-4-1-2-6(9)5(3-4)7(10)11;;;/h2*1-3,9H,(H,10,11);2*1H2;/q;;;;+2. The number of hydrogen-bond donors (Lipinski definition) is 2. The molecule has 0 aliphatic heterocycles. The molecule has 0 spiro atoms. The van der Waals surface area contributed by atoms with Gasteiger partial charge in [0.2, 0.25) is 0 Å². The van der Waals surface area contributed by atoms with Crippen LogP contribution in [-0.2, 0) is 30.4 Å². The van der Waals surface area contributed by atoms with Gasteiger partial charge in [-0.15, -0.1) is 0 Å². The van der Waals surface area contributed by atoms with Gasteiger partial charge < -0.3 is 41.0 Å². The molecule has 0 heterocycles. The Bertz CT molecular complexity index is 662. The zero-order chi connectivity index (χ0) is 16.9. The maximum atomic E-state index is 12.3. The Labute approximate surface area is 152 Å².